The van der Waals surface area contributed by atoms with Gasteiger partial charge in [-0.15, -0.1) is 11.3 Å². The number of hydrogen-bond acceptors (Lipinski definition) is 5. The second-order valence-corrected chi connectivity index (χ2v) is 7.06. The molecule has 0 unspecified atom stereocenters. The van der Waals surface area contributed by atoms with Gasteiger partial charge in [0.1, 0.15) is 16.5 Å². The molecule has 0 bridgehead atoms. The van der Waals surface area contributed by atoms with E-state index >= 15 is 0 Å². The van der Waals surface area contributed by atoms with Gasteiger partial charge in [-0.1, -0.05) is 6.92 Å². The summed E-state index contributed by atoms with van der Waals surface area (Å²) in [5.41, 5.74) is 1.57. The van der Waals surface area contributed by atoms with E-state index in [9.17, 15) is 9.18 Å². The number of nitrogens with zero attached hydrogens (tertiary/aromatic N) is 3. The number of anilines is 1. The molecule has 0 aliphatic carbocycles. The zero-order chi connectivity index (χ0) is 17.6. The Kier molecular flexibility index (Phi) is 5.99. The molecule has 2 aromatic rings. The molecule has 3 rings (SSSR count). The first kappa shape index (κ1) is 17.8. The normalized spacial score (nSPS) is 15.4. The number of nitrogens with one attached hydrogen (secondary N) is 1. The lowest BCUT2D eigenvalue weighted by molar-refractivity contribution is 0.0949. The minimum Gasteiger partial charge on any atom is -0.369 e. The minimum absolute atomic E-state index is 0.0921. The lowest BCUT2D eigenvalue weighted by Crippen LogP contribution is -2.45. The topological polar surface area (TPSA) is 48.5 Å². The summed E-state index contributed by atoms with van der Waals surface area (Å²) in [5, 5.41) is 5.65. The van der Waals surface area contributed by atoms with Gasteiger partial charge in [0.2, 0.25) is 0 Å². The quantitative estimate of drug-likeness (QED) is 0.858. The summed E-state index contributed by atoms with van der Waals surface area (Å²) in [4.78, 5) is 21.0. The summed E-state index contributed by atoms with van der Waals surface area (Å²) in [5.74, 6) is -0.296. The Morgan fingerprint density at radius 2 is 1.96 bits per heavy atom. The molecule has 0 atom stereocenters. The van der Waals surface area contributed by atoms with Crippen LogP contribution in [0, 0.1) is 5.82 Å². The van der Waals surface area contributed by atoms with E-state index in [0.717, 1.165) is 49.8 Å². The van der Waals surface area contributed by atoms with Crippen LogP contribution in [0.1, 0.15) is 28.8 Å². The number of benzene rings is 1. The van der Waals surface area contributed by atoms with E-state index in [1.165, 1.54) is 23.5 Å². The molecule has 1 aliphatic rings. The number of rotatable bonds is 6. The van der Waals surface area contributed by atoms with Crippen molar-refractivity contribution in [2.24, 2.45) is 0 Å². The van der Waals surface area contributed by atoms with E-state index in [0.29, 0.717) is 12.2 Å². The molecule has 0 spiro atoms. The van der Waals surface area contributed by atoms with Gasteiger partial charge < -0.3 is 10.2 Å². The van der Waals surface area contributed by atoms with Crippen molar-refractivity contribution in [3.8, 4) is 0 Å². The van der Waals surface area contributed by atoms with Crippen LogP contribution in [-0.4, -0.2) is 48.5 Å². The van der Waals surface area contributed by atoms with Gasteiger partial charge in [-0.05, 0) is 30.7 Å². The van der Waals surface area contributed by atoms with Crippen LogP contribution in [-0.2, 0) is 6.54 Å². The zero-order valence-corrected chi connectivity index (χ0v) is 15.2. The van der Waals surface area contributed by atoms with Crippen molar-refractivity contribution in [1.82, 2.24) is 15.2 Å². The largest absolute Gasteiger partial charge is 0.369 e. The highest BCUT2D eigenvalue weighted by Gasteiger charge is 2.19. The third-order valence-electron chi connectivity index (χ3n) is 4.24. The van der Waals surface area contributed by atoms with Gasteiger partial charge >= 0.3 is 0 Å². The second kappa shape index (κ2) is 8.40. The number of piperazine rings is 1. The fourth-order valence-electron chi connectivity index (χ4n) is 2.82. The van der Waals surface area contributed by atoms with Gasteiger partial charge in [0, 0.05) is 43.8 Å². The zero-order valence-electron chi connectivity index (χ0n) is 14.4. The monoisotopic (exact) mass is 362 g/mol. The van der Waals surface area contributed by atoms with Gasteiger partial charge in [0.15, 0.2) is 0 Å². The number of hydrogen-bond donors (Lipinski definition) is 1. The molecule has 0 saturated carbocycles. The van der Waals surface area contributed by atoms with Crippen molar-refractivity contribution in [3.05, 3.63) is 46.2 Å². The maximum atomic E-state index is 13.0. The van der Waals surface area contributed by atoms with Gasteiger partial charge in [0.05, 0.1) is 6.54 Å². The van der Waals surface area contributed by atoms with Gasteiger partial charge in [0.25, 0.3) is 5.91 Å². The van der Waals surface area contributed by atoms with E-state index in [1.54, 1.807) is 0 Å². The van der Waals surface area contributed by atoms with Crippen LogP contribution >= 0.6 is 11.3 Å². The summed E-state index contributed by atoms with van der Waals surface area (Å²) < 4.78 is 13.0. The SMILES string of the molecule is CCCNC(=O)c1csc(CN2CCN(c3ccc(F)cc3)CC2)n1. The van der Waals surface area contributed by atoms with Crippen molar-refractivity contribution in [3.63, 3.8) is 0 Å². The summed E-state index contributed by atoms with van der Waals surface area (Å²) >= 11 is 1.53. The average molecular weight is 362 g/mol. The van der Waals surface area contributed by atoms with Crippen LogP contribution < -0.4 is 10.2 Å². The van der Waals surface area contributed by atoms with Gasteiger partial charge in [-0.25, -0.2) is 9.37 Å². The smallest absolute Gasteiger partial charge is 0.270 e. The van der Waals surface area contributed by atoms with Crippen molar-refractivity contribution < 1.29 is 9.18 Å². The van der Waals surface area contributed by atoms with E-state index in [-0.39, 0.29) is 11.7 Å². The van der Waals surface area contributed by atoms with Crippen LogP contribution in [0.15, 0.2) is 29.6 Å². The fraction of sp³-hybridized carbons (Fsp3) is 0.444. The van der Waals surface area contributed by atoms with Crippen molar-refractivity contribution >= 4 is 22.9 Å². The Morgan fingerprint density at radius 1 is 1.24 bits per heavy atom. The number of carbonyl (C=O) groups is 1. The molecule has 134 valence electrons. The lowest BCUT2D eigenvalue weighted by Gasteiger charge is -2.35. The highest BCUT2D eigenvalue weighted by atomic mass is 32.1. The number of carbonyl (C=O) groups excluding carboxylic acids is 1. The maximum absolute atomic E-state index is 13.0. The molecule has 1 aromatic heterocycles. The Hall–Kier alpha value is -1.99. The molecule has 1 N–H and O–H groups in total. The second-order valence-electron chi connectivity index (χ2n) is 6.12. The van der Waals surface area contributed by atoms with Crippen LogP contribution in [0.5, 0.6) is 0 Å². The Labute approximate surface area is 151 Å². The molecule has 1 fully saturated rings. The summed E-state index contributed by atoms with van der Waals surface area (Å²) in [6.07, 6.45) is 0.918. The molecule has 5 nitrogen and oxygen atoms in total. The minimum atomic E-state index is -0.204. The van der Waals surface area contributed by atoms with E-state index < -0.39 is 0 Å². The molecule has 7 heteroatoms. The van der Waals surface area contributed by atoms with E-state index in [4.69, 9.17) is 0 Å². The van der Waals surface area contributed by atoms with Gasteiger partial charge in [-0.3, -0.25) is 9.69 Å². The average Bonchev–Trinajstić information content (AvgIpc) is 3.10. The van der Waals surface area contributed by atoms with E-state index in [2.05, 4.69) is 20.1 Å². The molecule has 0 radical (unpaired) electrons. The summed E-state index contributed by atoms with van der Waals surface area (Å²) in [7, 11) is 0. The standard InChI is InChI=1S/C18H23FN4OS/c1-2-7-20-18(24)16-13-25-17(21-16)12-22-8-10-23(11-9-22)15-5-3-14(19)4-6-15/h3-6,13H,2,7-12H2,1H3,(H,20,24). The molecular formula is C18H23FN4OS. The number of aromatic nitrogens is 1. The number of amides is 1. The van der Waals surface area contributed by atoms with Crippen LogP contribution in [0.2, 0.25) is 0 Å². The van der Waals surface area contributed by atoms with Crippen LogP contribution in [0.3, 0.4) is 0 Å². The van der Waals surface area contributed by atoms with Gasteiger partial charge in [-0.2, -0.15) is 0 Å². The Bertz CT molecular complexity index is 695. The van der Waals surface area contributed by atoms with E-state index in [1.807, 2.05) is 24.4 Å². The predicted molar refractivity (Wildman–Crippen MR) is 98.6 cm³/mol. The molecule has 1 amide bonds. The molecule has 1 saturated heterocycles. The Morgan fingerprint density at radius 3 is 2.64 bits per heavy atom. The van der Waals surface area contributed by atoms with Crippen LogP contribution in [0.25, 0.3) is 0 Å². The molecule has 1 aliphatic heterocycles. The summed E-state index contributed by atoms with van der Waals surface area (Å²) in [6, 6.07) is 6.66. The van der Waals surface area contributed by atoms with Crippen molar-refractivity contribution in [2.75, 3.05) is 37.6 Å². The molecular weight excluding hydrogens is 339 g/mol. The number of halogens is 1. The first-order chi connectivity index (χ1) is 12.2. The lowest BCUT2D eigenvalue weighted by atomic mass is 10.2. The highest BCUT2D eigenvalue weighted by molar-refractivity contribution is 7.09. The molecule has 25 heavy (non-hydrogen) atoms. The molecule has 1 aromatic carbocycles. The molecule has 2 heterocycles. The predicted octanol–water partition coefficient (Wildman–Crippen LogP) is 2.74. The van der Waals surface area contributed by atoms with Crippen LogP contribution in [0.4, 0.5) is 10.1 Å². The fourth-order valence-corrected chi connectivity index (χ4v) is 3.64. The third kappa shape index (κ3) is 4.76. The third-order valence-corrected chi connectivity index (χ3v) is 5.08. The van der Waals surface area contributed by atoms with Crippen molar-refractivity contribution in [2.45, 2.75) is 19.9 Å². The van der Waals surface area contributed by atoms with Crippen molar-refractivity contribution in [1.29, 1.82) is 0 Å². The maximum Gasteiger partial charge on any atom is 0.270 e. The first-order valence-electron chi connectivity index (χ1n) is 8.61. The highest BCUT2D eigenvalue weighted by Crippen LogP contribution is 2.19. The Balaban J connectivity index is 1.50. The first-order valence-corrected chi connectivity index (χ1v) is 9.49. The summed E-state index contributed by atoms with van der Waals surface area (Å²) in [6.45, 7) is 7.13. The number of thiazole rings is 1.